The zero-order valence-electron chi connectivity index (χ0n) is 13.5. The van der Waals surface area contributed by atoms with Crippen molar-refractivity contribution in [1.82, 2.24) is 29.3 Å². The van der Waals surface area contributed by atoms with Crippen LogP contribution in [0, 0.1) is 0 Å². The summed E-state index contributed by atoms with van der Waals surface area (Å²) in [6, 6.07) is 10.1. The molecular weight excluding hydrogens is 302 g/mol. The van der Waals surface area contributed by atoms with E-state index in [-0.39, 0.29) is 6.04 Å². The smallest absolute Gasteiger partial charge is 0.156 e. The molecule has 0 aliphatic carbocycles. The molecule has 1 atom stereocenters. The number of rotatable bonds is 4. The lowest BCUT2D eigenvalue weighted by Gasteiger charge is -2.17. The summed E-state index contributed by atoms with van der Waals surface area (Å²) in [6.45, 7) is 2.06. The molecule has 120 valence electrons. The summed E-state index contributed by atoms with van der Waals surface area (Å²) in [5.41, 5.74) is 2.77. The van der Waals surface area contributed by atoms with E-state index in [1.165, 1.54) is 0 Å². The number of nitrogens with one attached hydrogen (secondary N) is 1. The molecule has 4 rings (SSSR count). The van der Waals surface area contributed by atoms with Crippen LogP contribution in [-0.4, -0.2) is 29.3 Å². The van der Waals surface area contributed by atoms with Crippen LogP contribution in [0.2, 0.25) is 0 Å². The highest BCUT2D eigenvalue weighted by atomic mass is 15.3. The predicted octanol–water partition coefficient (Wildman–Crippen LogP) is 2.72. The number of aryl methyl sites for hydroxylation is 1. The molecule has 1 N–H and O–H groups in total. The van der Waals surface area contributed by atoms with Gasteiger partial charge in [-0.2, -0.15) is 5.10 Å². The maximum atomic E-state index is 4.51. The minimum atomic E-state index is -0.0341. The van der Waals surface area contributed by atoms with E-state index in [0.717, 1.165) is 28.4 Å². The Labute approximate surface area is 139 Å². The first-order valence-corrected chi connectivity index (χ1v) is 7.72. The molecule has 0 aliphatic heterocycles. The summed E-state index contributed by atoms with van der Waals surface area (Å²) in [6.07, 6.45) is 7.04. The Hall–Kier alpha value is -3.22. The Morgan fingerprint density at radius 1 is 1.08 bits per heavy atom. The maximum Gasteiger partial charge on any atom is 0.156 e. The average molecular weight is 319 g/mol. The van der Waals surface area contributed by atoms with E-state index >= 15 is 0 Å². The van der Waals surface area contributed by atoms with Crippen LogP contribution < -0.4 is 5.32 Å². The van der Waals surface area contributed by atoms with Crippen LogP contribution in [0.5, 0.6) is 0 Å². The lowest BCUT2D eigenvalue weighted by Crippen LogP contribution is -2.14. The van der Waals surface area contributed by atoms with Gasteiger partial charge in [-0.25, -0.2) is 15.0 Å². The molecule has 0 bridgehead atoms. The van der Waals surface area contributed by atoms with Crippen molar-refractivity contribution in [3.8, 4) is 5.69 Å². The first kappa shape index (κ1) is 14.4. The minimum Gasteiger partial charge on any atom is -0.358 e. The largest absolute Gasteiger partial charge is 0.358 e. The third-order valence-corrected chi connectivity index (χ3v) is 3.97. The van der Waals surface area contributed by atoms with Gasteiger partial charge >= 0.3 is 0 Å². The quantitative estimate of drug-likeness (QED) is 0.626. The van der Waals surface area contributed by atoms with Crippen molar-refractivity contribution in [2.75, 3.05) is 5.32 Å². The van der Waals surface area contributed by atoms with Crippen molar-refractivity contribution in [3.05, 3.63) is 61.1 Å². The normalized spacial score (nSPS) is 12.4. The molecule has 3 heterocycles. The topological polar surface area (TPSA) is 73.5 Å². The van der Waals surface area contributed by atoms with Crippen molar-refractivity contribution in [3.63, 3.8) is 0 Å². The molecule has 0 fully saturated rings. The minimum absolute atomic E-state index is 0.0341. The van der Waals surface area contributed by atoms with E-state index in [9.17, 15) is 0 Å². The Morgan fingerprint density at radius 2 is 1.92 bits per heavy atom. The number of imidazole rings is 1. The summed E-state index contributed by atoms with van der Waals surface area (Å²) in [5.74, 6) is 1.66. The molecule has 0 aliphatic rings. The van der Waals surface area contributed by atoms with Crippen molar-refractivity contribution in [2.45, 2.75) is 13.0 Å². The van der Waals surface area contributed by atoms with Crippen molar-refractivity contribution in [1.29, 1.82) is 0 Å². The molecule has 1 unspecified atom stereocenters. The fraction of sp³-hybridized carbons (Fsp3) is 0.176. The van der Waals surface area contributed by atoms with Gasteiger partial charge < -0.3 is 9.88 Å². The number of fused-ring (bicyclic) bond motifs is 1. The van der Waals surface area contributed by atoms with Crippen LogP contribution in [-0.2, 0) is 7.05 Å². The van der Waals surface area contributed by atoms with Crippen molar-refractivity contribution < 1.29 is 0 Å². The summed E-state index contributed by atoms with van der Waals surface area (Å²) >= 11 is 0. The number of aromatic nitrogens is 6. The second kappa shape index (κ2) is 5.77. The molecule has 7 nitrogen and oxygen atoms in total. The lowest BCUT2D eigenvalue weighted by atomic mass is 10.2. The molecule has 0 radical (unpaired) electrons. The van der Waals surface area contributed by atoms with Crippen LogP contribution in [0.1, 0.15) is 18.8 Å². The summed E-state index contributed by atoms with van der Waals surface area (Å²) in [4.78, 5) is 13.1. The van der Waals surface area contributed by atoms with Gasteiger partial charge in [-0.05, 0) is 19.1 Å². The summed E-state index contributed by atoms with van der Waals surface area (Å²) in [7, 11) is 1.88. The van der Waals surface area contributed by atoms with Crippen LogP contribution in [0.25, 0.3) is 16.7 Å². The second-order valence-electron chi connectivity index (χ2n) is 5.58. The fourth-order valence-electron chi connectivity index (χ4n) is 2.82. The fourth-order valence-corrected chi connectivity index (χ4v) is 2.82. The number of para-hydroxylation sites is 1. The molecule has 0 saturated heterocycles. The van der Waals surface area contributed by atoms with Crippen molar-refractivity contribution >= 4 is 16.9 Å². The summed E-state index contributed by atoms with van der Waals surface area (Å²) in [5, 5.41) is 7.67. The molecule has 0 amide bonds. The number of hydrogen-bond acceptors (Lipinski definition) is 5. The molecule has 4 aromatic rings. The zero-order chi connectivity index (χ0) is 16.5. The number of nitrogens with zero attached hydrogens (tertiary/aromatic N) is 6. The average Bonchev–Trinajstić information content (AvgIpc) is 3.24. The highest BCUT2D eigenvalue weighted by molar-refractivity contribution is 5.85. The molecule has 0 spiro atoms. The number of hydrogen-bond donors (Lipinski definition) is 1. The van der Waals surface area contributed by atoms with Crippen LogP contribution in [0.4, 0.5) is 5.82 Å². The van der Waals surface area contributed by atoms with Gasteiger partial charge in [0.15, 0.2) is 5.82 Å². The van der Waals surface area contributed by atoms with E-state index in [1.807, 2.05) is 31.4 Å². The molecule has 1 aromatic carbocycles. The molecule has 7 heteroatoms. The first-order valence-electron chi connectivity index (χ1n) is 7.72. The molecule has 3 aromatic heterocycles. The summed E-state index contributed by atoms with van der Waals surface area (Å²) < 4.78 is 3.84. The monoisotopic (exact) mass is 319 g/mol. The Bertz CT molecular complexity index is 971. The highest BCUT2D eigenvalue weighted by Gasteiger charge is 2.16. The predicted molar refractivity (Wildman–Crippen MR) is 91.9 cm³/mol. The second-order valence-corrected chi connectivity index (χ2v) is 5.58. The van der Waals surface area contributed by atoms with E-state index in [0.29, 0.717) is 0 Å². The standard InChI is InChI=1S/C17H17N7/c1-12(17-18-8-9-24(17)13-6-4-3-5-7-13)22-16-15-14(19-11-20-16)10-21-23(15)2/h3-12H,1-2H3,(H,19,20,22). The van der Waals surface area contributed by atoms with Crippen LogP contribution in [0.3, 0.4) is 0 Å². The Balaban J connectivity index is 1.69. The van der Waals surface area contributed by atoms with Gasteiger partial charge in [-0.15, -0.1) is 0 Å². The highest BCUT2D eigenvalue weighted by Crippen LogP contribution is 2.24. The van der Waals surface area contributed by atoms with Gasteiger partial charge in [-0.3, -0.25) is 4.68 Å². The first-order chi connectivity index (χ1) is 11.7. The van der Waals surface area contributed by atoms with Gasteiger partial charge in [0.25, 0.3) is 0 Å². The lowest BCUT2D eigenvalue weighted by molar-refractivity contribution is 0.755. The zero-order valence-corrected chi connectivity index (χ0v) is 13.5. The maximum absolute atomic E-state index is 4.51. The van der Waals surface area contributed by atoms with Gasteiger partial charge in [0.05, 0.1) is 12.2 Å². The number of benzene rings is 1. The van der Waals surface area contributed by atoms with Gasteiger partial charge in [0, 0.05) is 25.1 Å². The molecular formula is C17H17N7. The third-order valence-electron chi connectivity index (χ3n) is 3.97. The van der Waals surface area contributed by atoms with Gasteiger partial charge in [-0.1, -0.05) is 18.2 Å². The van der Waals surface area contributed by atoms with Gasteiger partial charge in [0.2, 0.25) is 0 Å². The molecule has 24 heavy (non-hydrogen) atoms. The van der Waals surface area contributed by atoms with Crippen LogP contribution in [0.15, 0.2) is 55.2 Å². The van der Waals surface area contributed by atoms with E-state index in [4.69, 9.17) is 0 Å². The van der Waals surface area contributed by atoms with Gasteiger partial charge in [0.1, 0.15) is 23.2 Å². The van der Waals surface area contributed by atoms with E-state index in [2.05, 4.69) is 49.0 Å². The number of anilines is 1. The van der Waals surface area contributed by atoms with E-state index < -0.39 is 0 Å². The third kappa shape index (κ3) is 2.40. The van der Waals surface area contributed by atoms with Crippen molar-refractivity contribution in [2.24, 2.45) is 7.05 Å². The molecule has 0 saturated carbocycles. The Morgan fingerprint density at radius 3 is 2.75 bits per heavy atom. The van der Waals surface area contributed by atoms with Crippen LogP contribution >= 0.6 is 0 Å². The Kier molecular flexibility index (Phi) is 3.45. The SMILES string of the molecule is CC(Nc1ncnc2cnn(C)c12)c1nccn1-c1ccccc1. The van der Waals surface area contributed by atoms with E-state index in [1.54, 1.807) is 23.4 Å².